The molecular formula is C14H18N4O2. The number of non-ortho nitro benzene ring substituents is 1. The summed E-state index contributed by atoms with van der Waals surface area (Å²) in [6, 6.07) is 6.70. The molecule has 20 heavy (non-hydrogen) atoms. The van der Waals surface area contributed by atoms with E-state index in [1.54, 1.807) is 6.07 Å². The second-order valence-corrected chi connectivity index (χ2v) is 4.98. The van der Waals surface area contributed by atoms with E-state index in [1.807, 2.05) is 6.07 Å². The highest BCUT2D eigenvalue weighted by atomic mass is 16.6. The lowest BCUT2D eigenvalue weighted by molar-refractivity contribution is -0.384. The van der Waals surface area contributed by atoms with Gasteiger partial charge in [0.25, 0.3) is 5.69 Å². The summed E-state index contributed by atoms with van der Waals surface area (Å²) in [5, 5.41) is 23.2. The van der Waals surface area contributed by atoms with Crippen molar-refractivity contribution in [2.75, 3.05) is 25.0 Å². The molecule has 6 nitrogen and oxygen atoms in total. The molecule has 0 amide bonds. The summed E-state index contributed by atoms with van der Waals surface area (Å²) in [4.78, 5) is 12.6. The van der Waals surface area contributed by atoms with Crippen LogP contribution in [-0.4, -0.2) is 35.5 Å². The molecule has 106 valence electrons. The molecule has 0 aliphatic carbocycles. The van der Waals surface area contributed by atoms with Gasteiger partial charge in [-0.15, -0.1) is 0 Å². The number of hydrogen-bond acceptors (Lipinski definition) is 5. The molecule has 1 aromatic rings. The van der Waals surface area contributed by atoms with Gasteiger partial charge in [0.2, 0.25) is 0 Å². The third-order valence-electron chi connectivity index (χ3n) is 3.65. The zero-order valence-electron chi connectivity index (χ0n) is 11.5. The third-order valence-corrected chi connectivity index (χ3v) is 3.65. The van der Waals surface area contributed by atoms with E-state index in [0.717, 1.165) is 32.5 Å². The second-order valence-electron chi connectivity index (χ2n) is 4.98. The fourth-order valence-electron chi connectivity index (χ4n) is 2.54. The van der Waals surface area contributed by atoms with Crippen molar-refractivity contribution in [3.8, 4) is 6.07 Å². The summed E-state index contributed by atoms with van der Waals surface area (Å²) >= 11 is 0. The molecule has 1 aliphatic heterocycles. The Morgan fingerprint density at radius 1 is 1.60 bits per heavy atom. The Morgan fingerprint density at radius 3 is 3.05 bits per heavy atom. The molecule has 0 spiro atoms. The summed E-state index contributed by atoms with van der Waals surface area (Å²) in [6.07, 6.45) is 2.18. The van der Waals surface area contributed by atoms with E-state index in [0.29, 0.717) is 11.3 Å². The van der Waals surface area contributed by atoms with Crippen molar-refractivity contribution in [2.24, 2.45) is 0 Å². The summed E-state index contributed by atoms with van der Waals surface area (Å²) in [7, 11) is 0. The normalized spacial score (nSPS) is 19.3. The lowest BCUT2D eigenvalue weighted by Crippen LogP contribution is -2.41. The summed E-state index contributed by atoms with van der Waals surface area (Å²) in [5.74, 6) is 0. The van der Waals surface area contributed by atoms with Gasteiger partial charge >= 0.3 is 0 Å². The molecule has 1 N–H and O–H groups in total. The third kappa shape index (κ3) is 3.25. The SMILES string of the molecule is CCN1CCCC(Nc2ccc([N+](=O)[O-])cc2C#N)C1. The standard InChI is InChI=1S/C14H18N4O2/c1-2-17-7-3-4-12(10-17)16-14-6-5-13(18(19)20)8-11(14)9-15/h5-6,8,12,16H,2-4,7,10H2,1H3. The largest absolute Gasteiger partial charge is 0.380 e. The smallest absolute Gasteiger partial charge is 0.270 e. The lowest BCUT2D eigenvalue weighted by atomic mass is 10.0. The van der Waals surface area contributed by atoms with Crippen molar-refractivity contribution in [1.82, 2.24) is 4.90 Å². The molecule has 0 saturated carbocycles. The first-order valence-corrected chi connectivity index (χ1v) is 6.81. The zero-order chi connectivity index (χ0) is 14.5. The van der Waals surface area contributed by atoms with Crippen LogP contribution >= 0.6 is 0 Å². The molecule has 0 radical (unpaired) electrons. The van der Waals surface area contributed by atoms with Crippen molar-refractivity contribution in [2.45, 2.75) is 25.8 Å². The number of likely N-dealkylation sites (N-methyl/N-ethyl adjacent to an activating group) is 1. The van der Waals surface area contributed by atoms with Crippen molar-refractivity contribution in [1.29, 1.82) is 5.26 Å². The highest BCUT2D eigenvalue weighted by molar-refractivity contribution is 5.61. The van der Waals surface area contributed by atoms with Gasteiger partial charge in [0, 0.05) is 24.7 Å². The second kappa shape index (κ2) is 6.35. The molecular weight excluding hydrogens is 256 g/mol. The maximum absolute atomic E-state index is 10.7. The lowest BCUT2D eigenvalue weighted by Gasteiger charge is -2.33. The minimum absolute atomic E-state index is 0.0501. The van der Waals surface area contributed by atoms with E-state index in [-0.39, 0.29) is 11.7 Å². The average Bonchev–Trinajstić information content (AvgIpc) is 2.47. The van der Waals surface area contributed by atoms with Crippen LogP contribution in [0, 0.1) is 21.4 Å². The van der Waals surface area contributed by atoms with Gasteiger partial charge in [0.1, 0.15) is 6.07 Å². The first kappa shape index (κ1) is 14.3. The van der Waals surface area contributed by atoms with Crippen LogP contribution in [-0.2, 0) is 0 Å². The Bertz CT molecular complexity index is 538. The van der Waals surface area contributed by atoms with Crippen LogP contribution in [0.3, 0.4) is 0 Å². The Balaban J connectivity index is 2.13. The van der Waals surface area contributed by atoms with Gasteiger partial charge in [0.05, 0.1) is 16.2 Å². The van der Waals surface area contributed by atoms with Crippen LogP contribution in [0.15, 0.2) is 18.2 Å². The summed E-state index contributed by atoms with van der Waals surface area (Å²) < 4.78 is 0. The first-order chi connectivity index (χ1) is 9.63. The molecule has 6 heteroatoms. The fourth-order valence-corrected chi connectivity index (χ4v) is 2.54. The van der Waals surface area contributed by atoms with E-state index < -0.39 is 4.92 Å². The van der Waals surface area contributed by atoms with Crippen LogP contribution in [0.2, 0.25) is 0 Å². The Kier molecular flexibility index (Phi) is 4.53. The molecule has 1 aromatic carbocycles. The van der Waals surface area contributed by atoms with E-state index in [2.05, 4.69) is 17.1 Å². The minimum atomic E-state index is -0.482. The molecule has 2 rings (SSSR count). The van der Waals surface area contributed by atoms with E-state index in [1.165, 1.54) is 12.1 Å². The molecule has 1 unspecified atom stereocenters. The number of rotatable bonds is 4. The van der Waals surface area contributed by atoms with Gasteiger partial charge in [-0.25, -0.2) is 0 Å². The number of nitrogens with one attached hydrogen (secondary N) is 1. The predicted molar refractivity (Wildman–Crippen MR) is 76.6 cm³/mol. The van der Waals surface area contributed by atoms with Crippen LogP contribution < -0.4 is 5.32 Å². The Hall–Kier alpha value is -2.13. The highest BCUT2D eigenvalue weighted by Crippen LogP contribution is 2.23. The van der Waals surface area contributed by atoms with Crippen molar-refractivity contribution >= 4 is 11.4 Å². The molecule has 1 heterocycles. The number of likely N-dealkylation sites (tertiary alicyclic amines) is 1. The number of nitriles is 1. The monoisotopic (exact) mass is 274 g/mol. The van der Waals surface area contributed by atoms with Gasteiger partial charge in [-0.1, -0.05) is 6.92 Å². The molecule has 0 aromatic heterocycles. The maximum Gasteiger partial charge on any atom is 0.270 e. The molecule has 0 bridgehead atoms. The first-order valence-electron chi connectivity index (χ1n) is 6.81. The molecule has 1 fully saturated rings. The number of nitro benzene ring substituents is 1. The van der Waals surface area contributed by atoms with Crippen molar-refractivity contribution in [3.05, 3.63) is 33.9 Å². The number of piperidine rings is 1. The Labute approximate surface area is 118 Å². The maximum atomic E-state index is 10.7. The summed E-state index contributed by atoms with van der Waals surface area (Å²) in [5.41, 5.74) is 0.958. The molecule has 1 saturated heterocycles. The number of anilines is 1. The average molecular weight is 274 g/mol. The van der Waals surface area contributed by atoms with Gasteiger partial charge < -0.3 is 10.2 Å². The fraction of sp³-hybridized carbons (Fsp3) is 0.500. The summed E-state index contributed by atoms with van der Waals surface area (Å²) in [6.45, 7) is 5.21. The van der Waals surface area contributed by atoms with Crippen molar-refractivity contribution < 1.29 is 4.92 Å². The van der Waals surface area contributed by atoms with Crippen LogP contribution in [0.4, 0.5) is 11.4 Å². The van der Waals surface area contributed by atoms with Crippen LogP contribution in [0.1, 0.15) is 25.3 Å². The zero-order valence-corrected chi connectivity index (χ0v) is 11.5. The molecule has 1 atom stereocenters. The topological polar surface area (TPSA) is 82.2 Å². The van der Waals surface area contributed by atoms with Crippen LogP contribution in [0.5, 0.6) is 0 Å². The quantitative estimate of drug-likeness (QED) is 0.673. The van der Waals surface area contributed by atoms with E-state index in [4.69, 9.17) is 5.26 Å². The van der Waals surface area contributed by atoms with Gasteiger partial charge in [-0.3, -0.25) is 10.1 Å². The van der Waals surface area contributed by atoms with Crippen LogP contribution in [0.25, 0.3) is 0 Å². The molecule has 1 aliphatic rings. The highest BCUT2D eigenvalue weighted by Gasteiger charge is 2.20. The van der Waals surface area contributed by atoms with Gasteiger partial charge in [-0.05, 0) is 32.0 Å². The van der Waals surface area contributed by atoms with E-state index in [9.17, 15) is 10.1 Å². The number of nitrogens with zero attached hydrogens (tertiary/aromatic N) is 3. The van der Waals surface area contributed by atoms with Crippen molar-refractivity contribution in [3.63, 3.8) is 0 Å². The number of hydrogen-bond donors (Lipinski definition) is 1. The predicted octanol–water partition coefficient (Wildman–Crippen LogP) is 2.36. The minimum Gasteiger partial charge on any atom is -0.380 e. The number of nitro groups is 1. The van der Waals surface area contributed by atoms with Gasteiger partial charge in [-0.2, -0.15) is 5.26 Å². The van der Waals surface area contributed by atoms with E-state index >= 15 is 0 Å². The Morgan fingerprint density at radius 2 is 2.40 bits per heavy atom. The number of benzene rings is 1. The van der Waals surface area contributed by atoms with Gasteiger partial charge in [0.15, 0.2) is 0 Å².